The Kier molecular flexibility index (Phi) is 21.7. The first-order valence-corrected chi connectivity index (χ1v) is 27.6. The van der Waals surface area contributed by atoms with Gasteiger partial charge in [-0.3, -0.25) is 38.3 Å². The number of nitrogens with one attached hydrogen (secondary N) is 2. The summed E-state index contributed by atoms with van der Waals surface area (Å²) in [5.41, 5.74) is 12.3. The average molecular weight is 1090 g/mol. The molecular formula is C42H54Cl2N10O12P2S2. The number of nitrogens with zero attached hydrogens (tertiary/aromatic N) is 6. The Labute approximate surface area is 420 Å². The number of nitrogens with two attached hydrogens (primary N) is 2. The SMILES string of the molecule is CC(C)(C)C(=O)SCCOP(=O)(COCCn1cnc2c(=O)[nH]c(N)nc21)OCc1cccc(Cl)c1.CCC(=O)SCCOP(=O)(COCCn1cnc2c(=O)[nH]c(N)nc21)OCc1cccc(Cl)c1. The van der Waals surface area contributed by atoms with Crippen molar-refractivity contribution in [3.05, 3.63) is 103 Å². The minimum atomic E-state index is -3.68. The lowest BCUT2D eigenvalue weighted by molar-refractivity contribution is -0.117. The Bertz CT molecular complexity index is 2930. The molecule has 70 heavy (non-hydrogen) atoms. The van der Waals surface area contributed by atoms with E-state index in [-0.39, 0.29) is 98.6 Å². The molecule has 0 saturated carbocycles. The molecule has 28 heteroatoms. The number of benzene rings is 2. The van der Waals surface area contributed by atoms with Crippen molar-refractivity contribution in [2.45, 2.75) is 60.4 Å². The minimum Gasteiger partial charge on any atom is -0.369 e. The van der Waals surface area contributed by atoms with Crippen molar-refractivity contribution in [2.75, 3.05) is 62.1 Å². The molecular weight excluding hydrogens is 1030 g/mol. The number of carbonyl (C=O) groups excluding carboxylic acids is 2. The fourth-order valence-corrected chi connectivity index (χ4v) is 10.4. The number of rotatable bonds is 25. The molecule has 0 saturated heterocycles. The zero-order chi connectivity index (χ0) is 50.9. The Hall–Kier alpha value is -4.42. The van der Waals surface area contributed by atoms with Crippen molar-refractivity contribution in [3.8, 4) is 0 Å². The van der Waals surface area contributed by atoms with E-state index < -0.39 is 31.7 Å². The van der Waals surface area contributed by atoms with Crippen LogP contribution in [-0.4, -0.2) is 99.9 Å². The number of H-pyrrole nitrogens is 2. The van der Waals surface area contributed by atoms with Gasteiger partial charge in [0, 0.05) is 46.5 Å². The van der Waals surface area contributed by atoms with E-state index >= 15 is 0 Å². The third-order valence-corrected chi connectivity index (χ3v) is 15.1. The number of anilines is 2. The van der Waals surface area contributed by atoms with Gasteiger partial charge in [0.15, 0.2) is 32.6 Å². The molecule has 0 fully saturated rings. The van der Waals surface area contributed by atoms with Crippen molar-refractivity contribution in [1.29, 1.82) is 0 Å². The van der Waals surface area contributed by atoms with Gasteiger partial charge in [-0.05, 0) is 35.4 Å². The molecule has 4 heterocycles. The summed E-state index contributed by atoms with van der Waals surface area (Å²) < 4.78 is 63.4. The molecule has 0 aliphatic heterocycles. The number of ether oxygens (including phenoxy) is 2. The van der Waals surface area contributed by atoms with Crippen LogP contribution in [0.2, 0.25) is 10.0 Å². The van der Waals surface area contributed by atoms with Gasteiger partial charge in [-0.15, -0.1) is 0 Å². The van der Waals surface area contributed by atoms with Crippen LogP contribution in [0.4, 0.5) is 11.9 Å². The van der Waals surface area contributed by atoms with Crippen LogP contribution < -0.4 is 22.6 Å². The first-order valence-electron chi connectivity index (χ1n) is 21.4. The Morgan fingerprint density at radius 1 is 0.700 bits per heavy atom. The highest BCUT2D eigenvalue weighted by molar-refractivity contribution is 8.13. The number of fused-ring (bicyclic) bond motifs is 2. The van der Waals surface area contributed by atoms with Gasteiger partial charge in [0.1, 0.15) is 12.7 Å². The molecule has 6 rings (SSSR count). The molecule has 2 unspecified atom stereocenters. The van der Waals surface area contributed by atoms with E-state index in [2.05, 4.69) is 29.9 Å². The van der Waals surface area contributed by atoms with Crippen LogP contribution in [0, 0.1) is 5.41 Å². The molecule has 0 bridgehead atoms. The Balaban J connectivity index is 0.000000261. The average Bonchev–Trinajstić information content (AvgIpc) is 3.92. The maximum atomic E-state index is 13.4. The van der Waals surface area contributed by atoms with Crippen LogP contribution in [-0.2, 0) is 72.6 Å². The number of imidazole rings is 2. The van der Waals surface area contributed by atoms with Crippen LogP contribution in [0.25, 0.3) is 22.3 Å². The van der Waals surface area contributed by atoms with Crippen molar-refractivity contribution < 1.29 is 46.3 Å². The van der Waals surface area contributed by atoms with Crippen molar-refractivity contribution in [3.63, 3.8) is 0 Å². The van der Waals surface area contributed by atoms with Crippen LogP contribution >= 0.6 is 61.9 Å². The molecule has 0 amide bonds. The number of thioether (sulfide) groups is 2. The van der Waals surface area contributed by atoms with E-state index in [1.165, 1.54) is 12.7 Å². The second-order valence-corrected chi connectivity index (χ2v) is 22.9. The predicted octanol–water partition coefficient (Wildman–Crippen LogP) is 7.49. The van der Waals surface area contributed by atoms with Gasteiger partial charge in [0.05, 0.1) is 52.3 Å². The van der Waals surface area contributed by atoms with Crippen LogP contribution in [0.5, 0.6) is 0 Å². The lowest BCUT2D eigenvalue weighted by atomic mass is 10.00. The number of halogens is 2. The second-order valence-electron chi connectivity index (χ2n) is 15.9. The number of aromatic amines is 2. The number of nitrogen functional groups attached to an aromatic ring is 2. The quantitative estimate of drug-likeness (QED) is 0.0319. The van der Waals surface area contributed by atoms with Gasteiger partial charge in [-0.1, -0.05) is 98.7 Å². The monoisotopic (exact) mass is 1090 g/mol. The first-order chi connectivity index (χ1) is 33.3. The van der Waals surface area contributed by atoms with E-state index in [1.807, 2.05) is 20.8 Å². The standard InChI is InChI=1S/C22H29ClN5O6PS.C20H25ClN5O6PS/c1-22(2,3)20(30)36-10-9-33-35(31,34-12-15-5-4-6-16(23)11-15)14-32-8-7-28-13-25-17-18(28)26-21(24)27-19(17)29;1-2-16(27)34-9-8-31-33(29,32-11-14-4-3-5-15(21)10-14)13-30-7-6-26-12-23-17-18(26)24-20(22)25-19(17)28/h4-6,11,13H,7-10,12,14H2,1-3H3,(H3,24,26,27,29);3-5,10,12H,2,6-9,11,13H2,1H3,(H3,22,24,25,28). The van der Waals surface area contributed by atoms with E-state index in [0.717, 1.165) is 34.7 Å². The Morgan fingerprint density at radius 2 is 1.14 bits per heavy atom. The zero-order valence-corrected chi connectivity index (χ0v) is 43.6. The van der Waals surface area contributed by atoms with Gasteiger partial charge in [0.25, 0.3) is 11.1 Å². The third kappa shape index (κ3) is 18.0. The number of hydrogen-bond donors (Lipinski definition) is 4. The molecule has 0 spiro atoms. The van der Waals surface area contributed by atoms with Crippen molar-refractivity contribution in [2.24, 2.45) is 5.41 Å². The smallest absolute Gasteiger partial charge is 0.356 e. The fraction of sp³-hybridized carbons (Fsp3) is 0.429. The molecule has 0 radical (unpaired) electrons. The highest BCUT2D eigenvalue weighted by Crippen LogP contribution is 2.50. The molecule has 0 aliphatic rings. The summed E-state index contributed by atoms with van der Waals surface area (Å²) in [5, 5.41) is 1.09. The van der Waals surface area contributed by atoms with Gasteiger partial charge >= 0.3 is 15.2 Å². The molecule has 380 valence electrons. The predicted molar refractivity (Wildman–Crippen MR) is 271 cm³/mol. The second kappa shape index (κ2) is 26.9. The molecule has 2 atom stereocenters. The number of aromatic nitrogens is 8. The van der Waals surface area contributed by atoms with E-state index in [0.29, 0.717) is 39.3 Å². The highest BCUT2D eigenvalue weighted by Gasteiger charge is 2.28. The van der Waals surface area contributed by atoms with Crippen molar-refractivity contribution >= 4 is 106 Å². The molecule has 4 aromatic heterocycles. The van der Waals surface area contributed by atoms with E-state index in [4.69, 9.17) is 62.2 Å². The molecule has 6 aromatic rings. The van der Waals surface area contributed by atoms with E-state index in [1.54, 1.807) is 64.6 Å². The van der Waals surface area contributed by atoms with Crippen molar-refractivity contribution in [1.82, 2.24) is 39.0 Å². The van der Waals surface area contributed by atoms with Crippen LogP contribution in [0.15, 0.2) is 70.8 Å². The summed E-state index contributed by atoms with van der Waals surface area (Å²) in [4.78, 5) is 68.4. The van der Waals surface area contributed by atoms with Gasteiger partial charge in [-0.25, -0.2) is 9.97 Å². The molecule has 0 aliphatic carbocycles. The zero-order valence-electron chi connectivity index (χ0n) is 38.7. The van der Waals surface area contributed by atoms with Gasteiger partial charge in [-0.2, -0.15) is 9.97 Å². The Morgan fingerprint density at radius 3 is 1.56 bits per heavy atom. The maximum absolute atomic E-state index is 13.4. The largest absolute Gasteiger partial charge is 0.369 e. The molecule has 22 nitrogen and oxygen atoms in total. The third-order valence-electron chi connectivity index (χ3n) is 9.21. The van der Waals surface area contributed by atoms with Gasteiger partial charge in [0.2, 0.25) is 11.9 Å². The first kappa shape index (κ1) is 56.5. The maximum Gasteiger partial charge on any atom is 0.356 e. The fourth-order valence-electron chi connectivity index (χ4n) is 5.73. The van der Waals surface area contributed by atoms with E-state index in [9.17, 15) is 28.3 Å². The normalized spacial score (nSPS) is 13.5. The van der Waals surface area contributed by atoms with Crippen LogP contribution in [0.1, 0.15) is 45.2 Å². The molecule has 6 N–H and O–H groups in total. The summed E-state index contributed by atoms with van der Waals surface area (Å²) in [7, 11) is -7.32. The molecule has 2 aromatic carbocycles. The van der Waals surface area contributed by atoms with Crippen LogP contribution in [0.3, 0.4) is 0 Å². The summed E-state index contributed by atoms with van der Waals surface area (Å²) in [6.07, 6.45) is 2.69. The highest BCUT2D eigenvalue weighted by atomic mass is 35.5. The lowest BCUT2D eigenvalue weighted by Gasteiger charge is -2.20. The topological polar surface area (TPSA) is 303 Å². The summed E-state index contributed by atoms with van der Waals surface area (Å²) in [5.74, 6) is 0.626. The summed E-state index contributed by atoms with van der Waals surface area (Å²) in [6, 6.07) is 14.0. The number of hydrogen-bond acceptors (Lipinski definition) is 20. The van der Waals surface area contributed by atoms with Gasteiger partial charge < -0.3 is 48.2 Å². The number of carbonyl (C=O) groups is 2. The lowest BCUT2D eigenvalue weighted by Crippen LogP contribution is -2.17. The minimum absolute atomic E-state index is 0.00734. The summed E-state index contributed by atoms with van der Waals surface area (Å²) >= 11 is 14.2. The summed E-state index contributed by atoms with van der Waals surface area (Å²) in [6.45, 7) is 8.18.